The van der Waals surface area contributed by atoms with Gasteiger partial charge in [-0.3, -0.25) is 4.79 Å². The quantitative estimate of drug-likeness (QED) is 0.606. The van der Waals surface area contributed by atoms with Gasteiger partial charge in [-0.25, -0.2) is 0 Å². The zero-order valence-electron chi connectivity index (χ0n) is 12.0. The minimum atomic E-state index is 0.0911. The lowest BCUT2D eigenvalue weighted by molar-refractivity contribution is 0.101. The summed E-state index contributed by atoms with van der Waals surface area (Å²) in [5.74, 6) is 1.15. The maximum absolute atomic E-state index is 12.3. The number of methoxy groups -OCH3 is 1. The number of ether oxygens (including phenoxy) is 1. The summed E-state index contributed by atoms with van der Waals surface area (Å²) in [4.78, 5) is 13.5. The first-order valence-corrected chi connectivity index (χ1v) is 7.46. The number of Topliss-reactive ketones (excluding diaryl/α,β-unsaturated/α-hetero) is 1. The molecule has 0 aliphatic heterocycles. The molecule has 0 N–H and O–H groups in total. The lowest BCUT2D eigenvalue weighted by Crippen LogP contribution is -2.05. The number of carbonyl (C=O) groups excluding carboxylic acids is 1. The van der Waals surface area contributed by atoms with Crippen LogP contribution in [0.1, 0.15) is 21.5 Å². The van der Waals surface area contributed by atoms with Gasteiger partial charge in [-0.1, -0.05) is 29.8 Å². The van der Waals surface area contributed by atoms with Crippen LogP contribution < -0.4 is 4.74 Å². The predicted molar refractivity (Wildman–Crippen MR) is 84.0 cm³/mol. The molecule has 3 heteroatoms. The lowest BCUT2D eigenvalue weighted by Gasteiger charge is -2.09. The van der Waals surface area contributed by atoms with Gasteiger partial charge in [0, 0.05) is 4.90 Å². The minimum Gasteiger partial charge on any atom is -0.496 e. The molecule has 0 saturated carbocycles. The molecule has 0 aromatic heterocycles. The second kappa shape index (κ2) is 6.62. The second-order valence-electron chi connectivity index (χ2n) is 4.68. The first kappa shape index (κ1) is 14.7. The summed E-state index contributed by atoms with van der Waals surface area (Å²) >= 11 is 1.58. The normalized spacial score (nSPS) is 10.3. The van der Waals surface area contributed by atoms with Gasteiger partial charge >= 0.3 is 0 Å². The molecule has 0 unspecified atom stereocenters. The van der Waals surface area contributed by atoms with E-state index in [0.717, 1.165) is 4.90 Å². The molecule has 0 amide bonds. The number of carbonyl (C=O) groups is 1. The SMILES string of the molecule is COc1ccccc1C(=O)CSc1cc(C)ccc1C. The zero-order valence-corrected chi connectivity index (χ0v) is 12.8. The van der Waals surface area contributed by atoms with E-state index in [1.807, 2.05) is 24.3 Å². The highest BCUT2D eigenvalue weighted by Gasteiger charge is 2.12. The first-order chi connectivity index (χ1) is 9.61. The van der Waals surface area contributed by atoms with Crippen LogP contribution in [0, 0.1) is 13.8 Å². The highest BCUT2D eigenvalue weighted by atomic mass is 32.2. The van der Waals surface area contributed by atoms with E-state index in [-0.39, 0.29) is 5.78 Å². The third-order valence-corrected chi connectivity index (χ3v) is 4.27. The van der Waals surface area contributed by atoms with E-state index in [0.29, 0.717) is 17.1 Å². The van der Waals surface area contributed by atoms with E-state index in [9.17, 15) is 4.79 Å². The monoisotopic (exact) mass is 286 g/mol. The maximum Gasteiger partial charge on any atom is 0.176 e. The molecule has 0 aliphatic rings. The number of ketones is 1. The van der Waals surface area contributed by atoms with Crippen molar-refractivity contribution in [2.75, 3.05) is 12.9 Å². The van der Waals surface area contributed by atoms with Crippen molar-refractivity contribution in [2.24, 2.45) is 0 Å². The van der Waals surface area contributed by atoms with E-state index in [1.165, 1.54) is 11.1 Å². The second-order valence-corrected chi connectivity index (χ2v) is 5.70. The smallest absolute Gasteiger partial charge is 0.176 e. The summed E-state index contributed by atoms with van der Waals surface area (Å²) in [5, 5.41) is 0. The number of para-hydroxylation sites is 1. The molecule has 0 radical (unpaired) electrons. The van der Waals surface area contributed by atoms with Crippen LogP contribution in [0.2, 0.25) is 0 Å². The van der Waals surface area contributed by atoms with Crippen LogP contribution in [0.3, 0.4) is 0 Å². The van der Waals surface area contributed by atoms with Crippen LogP contribution in [-0.2, 0) is 0 Å². The third-order valence-electron chi connectivity index (χ3n) is 3.11. The van der Waals surface area contributed by atoms with Gasteiger partial charge in [-0.2, -0.15) is 0 Å². The number of thioether (sulfide) groups is 1. The van der Waals surface area contributed by atoms with Gasteiger partial charge in [0.05, 0.1) is 18.4 Å². The lowest BCUT2D eigenvalue weighted by atomic mass is 10.1. The van der Waals surface area contributed by atoms with Gasteiger partial charge in [-0.15, -0.1) is 11.8 Å². The fourth-order valence-corrected chi connectivity index (χ4v) is 2.97. The summed E-state index contributed by atoms with van der Waals surface area (Å²) in [5.41, 5.74) is 3.06. The van der Waals surface area contributed by atoms with Gasteiger partial charge < -0.3 is 4.74 Å². The Morgan fingerprint density at radius 2 is 1.90 bits per heavy atom. The molecule has 104 valence electrons. The molecular weight excluding hydrogens is 268 g/mol. The van der Waals surface area contributed by atoms with Gasteiger partial charge in [0.2, 0.25) is 0 Å². The van der Waals surface area contributed by atoms with E-state index in [1.54, 1.807) is 18.9 Å². The molecule has 0 spiro atoms. The number of hydrogen-bond donors (Lipinski definition) is 0. The Morgan fingerprint density at radius 3 is 2.65 bits per heavy atom. The van der Waals surface area contributed by atoms with Crippen LogP contribution in [0.25, 0.3) is 0 Å². The van der Waals surface area contributed by atoms with Crippen LogP contribution in [0.15, 0.2) is 47.4 Å². The highest BCUT2D eigenvalue weighted by molar-refractivity contribution is 8.00. The van der Waals surface area contributed by atoms with Crippen molar-refractivity contribution < 1.29 is 9.53 Å². The molecular formula is C17H18O2S. The molecule has 0 bridgehead atoms. The standard InChI is InChI=1S/C17H18O2S/c1-12-8-9-13(2)17(10-12)20-11-15(18)14-6-4-5-7-16(14)19-3/h4-10H,11H2,1-3H3. The van der Waals surface area contributed by atoms with Crippen molar-refractivity contribution in [1.29, 1.82) is 0 Å². The fourth-order valence-electron chi connectivity index (χ4n) is 1.96. The van der Waals surface area contributed by atoms with Crippen molar-refractivity contribution in [3.63, 3.8) is 0 Å². The Balaban J connectivity index is 2.11. The average Bonchev–Trinajstić information content (AvgIpc) is 2.47. The van der Waals surface area contributed by atoms with Crippen LogP contribution in [0.5, 0.6) is 5.75 Å². The molecule has 2 aromatic carbocycles. The van der Waals surface area contributed by atoms with E-state index >= 15 is 0 Å². The van der Waals surface area contributed by atoms with E-state index in [4.69, 9.17) is 4.74 Å². The predicted octanol–water partition coefficient (Wildman–Crippen LogP) is 4.29. The van der Waals surface area contributed by atoms with E-state index in [2.05, 4.69) is 32.0 Å². The summed E-state index contributed by atoms with van der Waals surface area (Å²) < 4.78 is 5.23. The topological polar surface area (TPSA) is 26.3 Å². The molecule has 2 nitrogen and oxygen atoms in total. The Bertz CT molecular complexity index is 620. The zero-order chi connectivity index (χ0) is 14.5. The van der Waals surface area contributed by atoms with Crippen molar-refractivity contribution >= 4 is 17.5 Å². The molecule has 0 fully saturated rings. The Labute approximate surface area is 124 Å². The summed E-state index contributed by atoms with van der Waals surface area (Å²) in [6.45, 7) is 4.13. The first-order valence-electron chi connectivity index (χ1n) is 6.48. The molecule has 2 aromatic rings. The van der Waals surface area contributed by atoms with Gasteiger partial charge in [0.1, 0.15) is 5.75 Å². The van der Waals surface area contributed by atoms with Crippen LogP contribution in [-0.4, -0.2) is 18.6 Å². The van der Waals surface area contributed by atoms with Gasteiger partial charge in [0.25, 0.3) is 0 Å². The fraction of sp³-hybridized carbons (Fsp3) is 0.235. The Kier molecular flexibility index (Phi) is 4.85. The number of aryl methyl sites for hydroxylation is 2. The molecule has 20 heavy (non-hydrogen) atoms. The number of benzene rings is 2. The van der Waals surface area contributed by atoms with Crippen molar-refractivity contribution in [1.82, 2.24) is 0 Å². The van der Waals surface area contributed by atoms with Gasteiger partial charge in [-0.05, 0) is 37.6 Å². The Morgan fingerprint density at radius 1 is 1.15 bits per heavy atom. The molecule has 0 saturated heterocycles. The number of rotatable bonds is 5. The van der Waals surface area contributed by atoms with Crippen molar-refractivity contribution in [3.05, 3.63) is 59.2 Å². The molecule has 2 rings (SSSR count). The Hall–Kier alpha value is -1.74. The van der Waals surface area contributed by atoms with Gasteiger partial charge in [0.15, 0.2) is 5.78 Å². The van der Waals surface area contributed by atoms with E-state index < -0.39 is 0 Å². The summed E-state index contributed by atoms with van der Waals surface area (Å²) in [6, 6.07) is 13.6. The van der Waals surface area contributed by atoms with Crippen LogP contribution >= 0.6 is 11.8 Å². The summed E-state index contributed by atoms with van der Waals surface area (Å²) in [7, 11) is 1.59. The van der Waals surface area contributed by atoms with Crippen molar-refractivity contribution in [2.45, 2.75) is 18.7 Å². The van der Waals surface area contributed by atoms with Crippen LogP contribution in [0.4, 0.5) is 0 Å². The minimum absolute atomic E-state index is 0.0911. The average molecular weight is 286 g/mol. The molecule has 0 heterocycles. The largest absolute Gasteiger partial charge is 0.496 e. The summed E-state index contributed by atoms with van der Waals surface area (Å²) in [6.07, 6.45) is 0. The maximum atomic E-state index is 12.3. The highest BCUT2D eigenvalue weighted by Crippen LogP contribution is 2.26. The van der Waals surface area contributed by atoms with Crippen molar-refractivity contribution in [3.8, 4) is 5.75 Å². The number of hydrogen-bond acceptors (Lipinski definition) is 3. The molecule has 0 atom stereocenters. The third kappa shape index (κ3) is 3.42. The molecule has 0 aliphatic carbocycles.